The fraction of sp³-hybridized carbons (Fsp3) is 0.286. The van der Waals surface area contributed by atoms with Crippen molar-refractivity contribution < 1.29 is 9.59 Å². The first-order valence-corrected chi connectivity index (χ1v) is 9.26. The van der Waals surface area contributed by atoms with Gasteiger partial charge in [-0.1, -0.05) is 50.2 Å². The molecule has 0 spiro atoms. The molecule has 1 aromatic heterocycles. The molecule has 0 bridgehead atoms. The Kier molecular flexibility index (Phi) is 6.06. The van der Waals surface area contributed by atoms with Crippen molar-refractivity contribution in [2.24, 2.45) is 11.7 Å². The summed E-state index contributed by atoms with van der Waals surface area (Å²) in [4.78, 5) is 31.8. The van der Waals surface area contributed by atoms with Gasteiger partial charge in [0, 0.05) is 0 Å². The monoisotopic (exact) mass is 379 g/mol. The van der Waals surface area contributed by atoms with Gasteiger partial charge in [0.1, 0.15) is 0 Å². The Morgan fingerprint density at radius 2 is 1.86 bits per heavy atom. The summed E-state index contributed by atoms with van der Waals surface area (Å²) in [5, 5.41) is 5.61. The van der Waals surface area contributed by atoms with E-state index in [1.807, 2.05) is 62.4 Å². The van der Waals surface area contributed by atoms with Crippen LogP contribution in [0.2, 0.25) is 0 Å². The predicted molar refractivity (Wildman–Crippen MR) is 108 cm³/mol. The fourth-order valence-electron chi connectivity index (χ4n) is 2.94. The molecule has 0 aliphatic heterocycles. The molecule has 2 amide bonds. The van der Waals surface area contributed by atoms with Gasteiger partial charge in [-0.05, 0) is 29.2 Å². The van der Waals surface area contributed by atoms with E-state index in [1.165, 1.54) is 0 Å². The van der Waals surface area contributed by atoms with E-state index in [-0.39, 0.29) is 30.3 Å². The zero-order valence-corrected chi connectivity index (χ0v) is 16.0. The van der Waals surface area contributed by atoms with Gasteiger partial charge in [-0.3, -0.25) is 9.59 Å². The van der Waals surface area contributed by atoms with E-state index in [9.17, 15) is 9.59 Å². The maximum atomic E-state index is 12.5. The first-order chi connectivity index (χ1) is 13.5. The van der Waals surface area contributed by atoms with Crippen molar-refractivity contribution in [3.8, 4) is 0 Å². The molecule has 3 rings (SSSR count). The molecule has 5 N–H and O–H groups in total. The van der Waals surface area contributed by atoms with Crippen LogP contribution in [0.5, 0.6) is 0 Å². The molecular weight excluding hydrogens is 354 g/mol. The average molecular weight is 379 g/mol. The van der Waals surface area contributed by atoms with Crippen molar-refractivity contribution in [1.82, 2.24) is 20.6 Å². The molecule has 3 aromatic rings. The summed E-state index contributed by atoms with van der Waals surface area (Å²) in [5.41, 5.74) is 9.43. The average Bonchev–Trinajstić information content (AvgIpc) is 3.18. The van der Waals surface area contributed by atoms with E-state index in [4.69, 9.17) is 5.73 Å². The van der Waals surface area contributed by atoms with E-state index in [0.29, 0.717) is 0 Å². The molecule has 146 valence electrons. The largest absolute Gasteiger partial charge is 0.346 e. The number of carbonyl (C=O) groups excluding carboxylic acids is 2. The molecule has 2 atom stereocenters. The standard InChI is InChI=1S/C21H25N5O2/c1-13(2)19(22)21(28)23-11-18(27)26-20(14-6-4-3-5-7-14)15-8-9-16-17(10-15)25-12-24-16/h3-10,12-13,19-20H,11,22H2,1-2H3,(H,23,28)(H,24,25)(H,26,27)/t19-,20?/m0/s1. The molecule has 7 nitrogen and oxygen atoms in total. The molecule has 28 heavy (non-hydrogen) atoms. The lowest BCUT2D eigenvalue weighted by Crippen LogP contribution is -2.47. The fourth-order valence-corrected chi connectivity index (χ4v) is 2.94. The quantitative estimate of drug-likeness (QED) is 0.502. The number of aromatic nitrogens is 2. The van der Waals surface area contributed by atoms with E-state index >= 15 is 0 Å². The molecule has 1 heterocycles. The van der Waals surface area contributed by atoms with Crippen LogP contribution in [0, 0.1) is 5.92 Å². The molecule has 7 heteroatoms. The molecular formula is C21H25N5O2. The summed E-state index contributed by atoms with van der Waals surface area (Å²) >= 11 is 0. The molecule has 0 aliphatic rings. The lowest BCUT2D eigenvalue weighted by atomic mass is 9.98. The minimum absolute atomic E-state index is 0.00117. The Morgan fingerprint density at radius 1 is 1.11 bits per heavy atom. The number of H-pyrrole nitrogens is 1. The highest BCUT2D eigenvalue weighted by Crippen LogP contribution is 2.24. The van der Waals surface area contributed by atoms with Crippen LogP contribution in [0.25, 0.3) is 11.0 Å². The van der Waals surface area contributed by atoms with Crippen LogP contribution in [0.3, 0.4) is 0 Å². The number of nitrogens with one attached hydrogen (secondary N) is 3. The number of hydrogen-bond donors (Lipinski definition) is 4. The molecule has 0 radical (unpaired) electrons. The number of nitrogens with zero attached hydrogens (tertiary/aromatic N) is 1. The highest BCUT2D eigenvalue weighted by molar-refractivity contribution is 5.87. The van der Waals surface area contributed by atoms with E-state index in [2.05, 4.69) is 20.6 Å². The maximum absolute atomic E-state index is 12.5. The van der Waals surface area contributed by atoms with Crippen LogP contribution in [0.1, 0.15) is 31.0 Å². The molecule has 0 saturated heterocycles. The van der Waals surface area contributed by atoms with Gasteiger partial charge in [0.05, 0.1) is 36.0 Å². The number of benzene rings is 2. The highest BCUT2D eigenvalue weighted by Gasteiger charge is 2.20. The third kappa shape index (κ3) is 4.55. The number of rotatable bonds is 7. The van der Waals surface area contributed by atoms with Crippen molar-refractivity contribution >= 4 is 22.8 Å². The Labute approximate surface area is 163 Å². The molecule has 0 aliphatic carbocycles. The summed E-state index contributed by atoms with van der Waals surface area (Å²) in [6.45, 7) is 3.59. The van der Waals surface area contributed by atoms with Crippen LogP contribution < -0.4 is 16.4 Å². The van der Waals surface area contributed by atoms with E-state index in [1.54, 1.807) is 6.33 Å². The Hall–Kier alpha value is -3.19. The van der Waals surface area contributed by atoms with E-state index in [0.717, 1.165) is 22.2 Å². The predicted octanol–water partition coefficient (Wildman–Crippen LogP) is 1.87. The normalized spacial score (nSPS) is 13.3. The third-order valence-corrected chi connectivity index (χ3v) is 4.66. The number of fused-ring (bicyclic) bond motifs is 1. The molecule has 1 unspecified atom stereocenters. The van der Waals surface area contributed by atoms with Gasteiger partial charge < -0.3 is 21.4 Å². The molecule has 0 saturated carbocycles. The van der Waals surface area contributed by atoms with Crippen LogP contribution >= 0.6 is 0 Å². The van der Waals surface area contributed by atoms with Crippen molar-refractivity contribution in [3.63, 3.8) is 0 Å². The number of imidazole rings is 1. The smallest absolute Gasteiger partial charge is 0.240 e. The second-order valence-corrected chi connectivity index (χ2v) is 7.08. The van der Waals surface area contributed by atoms with Crippen molar-refractivity contribution in [2.45, 2.75) is 25.9 Å². The number of amides is 2. The van der Waals surface area contributed by atoms with E-state index < -0.39 is 6.04 Å². The maximum Gasteiger partial charge on any atom is 0.240 e. The van der Waals surface area contributed by atoms with Gasteiger partial charge in [0.15, 0.2) is 0 Å². The van der Waals surface area contributed by atoms with Crippen molar-refractivity contribution in [3.05, 3.63) is 66.0 Å². The van der Waals surface area contributed by atoms with Gasteiger partial charge in [0.25, 0.3) is 0 Å². The third-order valence-electron chi connectivity index (χ3n) is 4.66. The summed E-state index contributed by atoms with van der Waals surface area (Å²) in [5.74, 6) is -0.621. The highest BCUT2D eigenvalue weighted by atomic mass is 16.2. The van der Waals surface area contributed by atoms with Crippen LogP contribution in [0.15, 0.2) is 54.9 Å². The molecule has 0 fully saturated rings. The van der Waals surface area contributed by atoms with Crippen LogP contribution in [0.4, 0.5) is 0 Å². The zero-order chi connectivity index (χ0) is 20.1. The minimum Gasteiger partial charge on any atom is -0.346 e. The van der Waals surface area contributed by atoms with Gasteiger partial charge in [0.2, 0.25) is 11.8 Å². The number of carbonyl (C=O) groups is 2. The first-order valence-electron chi connectivity index (χ1n) is 9.26. The first kappa shape index (κ1) is 19.6. The Bertz CT molecular complexity index is 952. The summed E-state index contributed by atoms with van der Waals surface area (Å²) < 4.78 is 0. The van der Waals surface area contributed by atoms with Crippen LogP contribution in [-0.2, 0) is 9.59 Å². The summed E-state index contributed by atoms with van der Waals surface area (Å²) in [6, 6.07) is 14.5. The lowest BCUT2D eigenvalue weighted by Gasteiger charge is -2.21. The summed E-state index contributed by atoms with van der Waals surface area (Å²) in [7, 11) is 0. The topological polar surface area (TPSA) is 113 Å². The van der Waals surface area contributed by atoms with Gasteiger partial charge >= 0.3 is 0 Å². The van der Waals surface area contributed by atoms with Gasteiger partial charge in [-0.2, -0.15) is 0 Å². The number of hydrogen-bond acceptors (Lipinski definition) is 4. The lowest BCUT2D eigenvalue weighted by molar-refractivity contribution is -0.127. The second-order valence-electron chi connectivity index (χ2n) is 7.08. The van der Waals surface area contributed by atoms with Crippen molar-refractivity contribution in [1.29, 1.82) is 0 Å². The number of aromatic amines is 1. The SMILES string of the molecule is CC(C)[C@H](N)C(=O)NCC(=O)NC(c1ccccc1)c1ccc2nc[nH]c2c1. The Morgan fingerprint density at radius 3 is 2.57 bits per heavy atom. The zero-order valence-electron chi connectivity index (χ0n) is 16.0. The van der Waals surface area contributed by atoms with Gasteiger partial charge in [-0.25, -0.2) is 4.98 Å². The molecule has 2 aromatic carbocycles. The van der Waals surface area contributed by atoms with Gasteiger partial charge in [-0.15, -0.1) is 0 Å². The second kappa shape index (κ2) is 8.67. The summed E-state index contributed by atoms with van der Waals surface area (Å²) in [6.07, 6.45) is 1.64. The number of nitrogens with two attached hydrogens (primary N) is 1. The minimum atomic E-state index is -0.638. The van der Waals surface area contributed by atoms with Crippen molar-refractivity contribution in [2.75, 3.05) is 6.54 Å². The van der Waals surface area contributed by atoms with Crippen LogP contribution in [-0.4, -0.2) is 34.4 Å². The Balaban J connectivity index is 1.76.